The fourth-order valence-corrected chi connectivity index (χ4v) is 6.13. The van der Waals surface area contributed by atoms with Gasteiger partial charge in [-0.1, -0.05) is 124 Å². The van der Waals surface area contributed by atoms with Crippen molar-refractivity contribution < 1.29 is 56.8 Å². The first-order chi connectivity index (χ1) is 29.9. The van der Waals surface area contributed by atoms with Crippen molar-refractivity contribution in [2.45, 2.75) is 44.6 Å². The zero-order valence-corrected chi connectivity index (χ0v) is 36.4. The number of unbranched alkanes of at least 4 members (excludes halogenated alkanes) is 4. The highest BCUT2D eigenvalue weighted by Crippen LogP contribution is 2.40. The third kappa shape index (κ3) is 24.6. The third-order valence-corrected chi connectivity index (χ3v) is 9.20. The van der Waals surface area contributed by atoms with Crippen molar-refractivity contribution >= 4 is 0 Å². The van der Waals surface area contributed by atoms with Crippen LogP contribution in [0.4, 0.5) is 0 Å². The Labute approximate surface area is 360 Å². The van der Waals surface area contributed by atoms with Crippen LogP contribution < -0.4 is 0 Å². The van der Waals surface area contributed by atoms with E-state index >= 15 is 0 Å². The maximum Gasteiger partial charge on any atom is 0.143 e. The monoisotopic (exact) mass is 843 g/mol. The number of benzene rings is 3. The van der Waals surface area contributed by atoms with E-state index in [9.17, 15) is 0 Å². The van der Waals surface area contributed by atoms with Gasteiger partial charge in [0.05, 0.1) is 145 Å². The summed E-state index contributed by atoms with van der Waals surface area (Å²) in [4.78, 5) is 0. The van der Waals surface area contributed by atoms with Gasteiger partial charge in [-0.2, -0.15) is 0 Å². The number of hydrogen-bond donors (Lipinski definition) is 0. The molecule has 3 rings (SSSR count). The molecular formula is C48H74O12. The fraction of sp³-hybridized carbons (Fsp3) is 0.625. The highest BCUT2D eigenvalue weighted by atomic mass is 16.6. The lowest BCUT2D eigenvalue weighted by atomic mass is 9.80. The van der Waals surface area contributed by atoms with Crippen LogP contribution in [0, 0.1) is 0 Å². The van der Waals surface area contributed by atoms with Gasteiger partial charge in [-0.3, -0.25) is 0 Å². The molecule has 0 aliphatic heterocycles. The average molecular weight is 843 g/mol. The molecule has 0 unspecified atom stereocenters. The first-order valence-corrected chi connectivity index (χ1v) is 22.0. The van der Waals surface area contributed by atoms with Crippen LogP contribution in [-0.2, 0) is 62.4 Å². The molecule has 60 heavy (non-hydrogen) atoms. The van der Waals surface area contributed by atoms with E-state index in [-0.39, 0.29) is 0 Å². The van der Waals surface area contributed by atoms with Crippen molar-refractivity contribution in [1.29, 1.82) is 0 Å². The molecule has 0 bridgehead atoms. The first kappa shape index (κ1) is 51.5. The zero-order valence-electron chi connectivity index (χ0n) is 36.4. The van der Waals surface area contributed by atoms with Gasteiger partial charge in [-0.15, -0.1) is 0 Å². The normalized spacial score (nSPS) is 11.8. The van der Waals surface area contributed by atoms with Crippen LogP contribution in [0.2, 0.25) is 0 Å². The Morgan fingerprint density at radius 1 is 0.267 bits per heavy atom. The molecule has 0 fully saturated rings. The largest absolute Gasteiger partial charge is 0.379 e. The van der Waals surface area contributed by atoms with Gasteiger partial charge in [0.15, 0.2) is 0 Å². The summed E-state index contributed by atoms with van der Waals surface area (Å²) in [6.45, 7) is 14.3. The van der Waals surface area contributed by atoms with Crippen molar-refractivity contribution in [2.24, 2.45) is 0 Å². The highest BCUT2D eigenvalue weighted by Gasteiger charge is 2.37. The summed E-state index contributed by atoms with van der Waals surface area (Å²) in [6.07, 6.45) is 6.26. The van der Waals surface area contributed by atoms with Crippen molar-refractivity contribution in [3.8, 4) is 0 Å². The quantitative estimate of drug-likeness (QED) is 0.0427. The molecule has 0 N–H and O–H groups in total. The summed E-state index contributed by atoms with van der Waals surface area (Å²) in [7, 11) is 0. The van der Waals surface area contributed by atoms with Crippen molar-refractivity contribution in [2.75, 3.05) is 152 Å². The van der Waals surface area contributed by atoms with Crippen LogP contribution in [0.1, 0.15) is 55.7 Å². The topological polar surface area (TPSA) is 111 Å². The molecule has 0 radical (unpaired) electrons. The molecule has 0 saturated heterocycles. The van der Waals surface area contributed by atoms with Gasteiger partial charge in [-0.25, -0.2) is 0 Å². The molecule has 0 heterocycles. The van der Waals surface area contributed by atoms with Crippen LogP contribution in [0.3, 0.4) is 0 Å². The molecule has 0 saturated carbocycles. The Morgan fingerprint density at radius 2 is 0.500 bits per heavy atom. The average Bonchev–Trinajstić information content (AvgIpc) is 3.29. The molecule has 338 valence electrons. The Balaban J connectivity index is 1.01. The van der Waals surface area contributed by atoms with Gasteiger partial charge in [0.25, 0.3) is 0 Å². The van der Waals surface area contributed by atoms with Gasteiger partial charge in [0.1, 0.15) is 5.60 Å². The van der Waals surface area contributed by atoms with Crippen molar-refractivity contribution in [3.63, 3.8) is 0 Å². The lowest BCUT2D eigenvalue weighted by Crippen LogP contribution is -2.34. The van der Waals surface area contributed by atoms with Gasteiger partial charge >= 0.3 is 0 Å². The second kappa shape index (κ2) is 37.9. The molecule has 12 heteroatoms. The van der Waals surface area contributed by atoms with E-state index < -0.39 is 5.60 Å². The SMILES string of the molecule is CCCCCCCOCCOCCOCCOCCOCCOCCOCCOCCOCCOCCOCCOC(c1ccccc1)(c1ccccc1)c1ccccc1. The number of ether oxygens (including phenoxy) is 12. The highest BCUT2D eigenvalue weighted by molar-refractivity contribution is 5.47. The van der Waals surface area contributed by atoms with Crippen LogP contribution in [0.5, 0.6) is 0 Å². The molecule has 0 amide bonds. The summed E-state index contributed by atoms with van der Waals surface area (Å²) in [5, 5.41) is 0. The molecular weight excluding hydrogens is 769 g/mol. The minimum Gasteiger partial charge on any atom is -0.379 e. The standard InChI is InChI=1S/C48H74O12/c1-2-3-4-5-15-22-49-23-24-50-25-26-51-27-28-52-29-30-53-31-32-54-33-34-55-35-36-56-37-38-57-39-40-58-41-42-59-43-44-60-48(45-16-9-6-10-17-45,46-18-11-7-12-19-46)47-20-13-8-14-21-47/h6-14,16-21H,2-5,15,22-44H2,1H3. The third-order valence-electron chi connectivity index (χ3n) is 9.20. The van der Waals surface area contributed by atoms with Crippen LogP contribution in [0.25, 0.3) is 0 Å². The molecule has 0 atom stereocenters. The van der Waals surface area contributed by atoms with Gasteiger partial charge < -0.3 is 56.8 Å². The minimum atomic E-state index is -0.752. The van der Waals surface area contributed by atoms with E-state index in [1.54, 1.807) is 0 Å². The van der Waals surface area contributed by atoms with Gasteiger partial charge in [0, 0.05) is 6.61 Å². The van der Waals surface area contributed by atoms with E-state index in [0.29, 0.717) is 145 Å². The summed E-state index contributed by atoms with van der Waals surface area (Å²) in [5.74, 6) is 0. The Hall–Kier alpha value is -2.82. The molecule has 12 nitrogen and oxygen atoms in total. The number of rotatable bonds is 43. The lowest BCUT2D eigenvalue weighted by molar-refractivity contribution is -0.0399. The van der Waals surface area contributed by atoms with Crippen molar-refractivity contribution in [1.82, 2.24) is 0 Å². The van der Waals surface area contributed by atoms with E-state index in [0.717, 1.165) is 29.7 Å². The molecule has 0 aliphatic carbocycles. The second-order valence-electron chi connectivity index (χ2n) is 13.8. The molecule has 3 aromatic carbocycles. The molecule has 3 aromatic rings. The Morgan fingerprint density at radius 3 is 0.767 bits per heavy atom. The Kier molecular flexibility index (Phi) is 32.6. The summed E-state index contributed by atoms with van der Waals surface area (Å²) in [6, 6.07) is 31.0. The van der Waals surface area contributed by atoms with E-state index in [4.69, 9.17) is 56.8 Å². The molecule has 0 aromatic heterocycles. The van der Waals surface area contributed by atoms with Crippen LogP contribution in [0.15, 0.2) is 91.0 Å². The first-order valence-electron chi connectivity index (χ1n) is 22.0. The van der Waals surface area contributed by atoms with Crippen molar-refractivity contribution in [3.05, 3.63) is 108 Å². The minimum absolute atomic E-state index is 0.416. The summed E-state index contributed by atoms with van der Waals surface area (Å²) in [5.41, 5.74) is 2.45. The van der Waals surface area contributed by atoms with E-state index in [1.165, 1.54) is 25.7 Å². The molecule has 0 aliphatic rings. The van der Waals surface area contributed by atoms with Gasteiger partial charge in [-0.05, 0) is 23.1 Å². The predicted octanol–water partition coefficient (Wildman–Crippen LogP) is 7.15. The van der Waals surface area contributed by atoms with Gasteiger partial charge in [0.2, 0.25) is 0 Å². The fourth-order valence-electron chi connectivity index (χ4n) is 6.13. The van der Waals surface area contributed by atoms with Crippen LogP contribution in [-0.4, -0.2) is 152 Å². The smallest absolute Gasteiger partial charge is 0.143 e. The summed E-state index contributed by atoms with van der Waals surface area (Å²) < 4.78 is 68.2. The number of hydrogen-bond acceptors (Lipinski definition) is 12. The van der Waals surface area contributed by atoms with Crippen LogP contribution >= 0.6 is 0 Å². The molecule has 0 spiro atoms. The summed E-state index contributed by atoms with van der Waals surface area (Å²) >= 11 is 0. The Bertz CT molecular complexity index is 1220. The maximum atomic E-state index is 6.74. The zero-order chi connectivity index (χ0) is 42.1. The van der Waals surface area contributed by atoms with E-state index in [2.05, 4.69) is 43.3 Å². The maximum absolute atomic E-state index is 6.74. The lowest BCUT2D eigenvalue weighted by Gasteiger charge is -2.36. The van der Waals surface area contributed by atoms with E-state index in [1.807, 2.05) is 54.6 Å². The predicted molar refractivity (Wildman–Crippen MR) is 233 cm³/mol. The second-order valence-corrected chi connectivity index (χ2v) is 13.8.